The number of amides is 2. The van der Waals surface area contributed by atoms with Gasteiger partial charge in [0.1, 0.15) is 25.0 Å². The predicted octanol–water partition coefficient (Wildman–Crippen LogP) is 5.92. The summed E-state index contributed by atoms with van der Waals surface area (Å²) < 4.78 is 17.1. The Morgan fingerprint density at radius 1 is 0.923 bits per heavy atom. The molecule has 0 spiro atoms. The molecule has 7 nitrogen and oxygen atoms in total. The zero-order valence-corrected chi connectivity index (χ0v) is 22.9. The summed E-state index contributed by atoms with van der Waals surface area (Å²) in [5.74, 6) is 1.36. The van der Waals surface area contributed by atoms with Gasteiger partial charge >= 0.3 is 0 Å². The fourth-order valence-corrected chi connectivity index (χ4v) is 5.47. The number of ether oxygens (including phenoxy) is 3. The largest absolute Gasteiger partial charge is 0.494 e. The molecule has 1 N–H and O–H groups in total. The van der Waals surface area contributed by atoms with Crippen molar-refractivity contribution in [1.82, 2.24) is 5.32 Å². The topological polar surface area (TPSA) is 77.1 Å². The monoisotopic (exact) mass is 528 g/mol. The number of aryl methyl sites for hydroxylation is 2. The molecule has 1 heterocycles. The molecular weight excluding hydrogens is 492 g/mol. The highest BCUT2D eigenvalue weighted by Crippen LogP contribution is 2.36. The first kappa shape index (κ1) is 26.6. The van der Waals surface area contributed by atoms with Crippen LogP contribution in [0.4, 0.5) is 5.69 Å². The number of fused-ring (bicyclic) bond motifs is 1. The molecule has 1 aliphatic heterocycles. The Balaban J connectivity index is 1.62. The number of nitrogens with zero attached hydrogens (tertiary/aromatic N) is 1. The fraction of sp³-hybridized carbons (Fsp3) is 0.375. The van der Waals surface area contributed by atoms with E-state index in [-0.39, 0.29) is 17.9 Å². The second-order valence-corrected chi connectivity index (χ2v) is 10.3. The van der Waals surface area contributed by atoms with E-state index in [4.69, 9.17) is 14.2 Å². The predicted molar refractivity (Wildman–Crippen MR) is 151 cm³/mol. The summed E-state index contributed by atoms with van der Waals surface area (Å²) in [5, 5.41) is 3.24. The van der Waals surface area contributed by atoms with Crippen LogP contribution in [-0.2, 0) is 4.79 Å². The standard InChI is InChI=1S/C32H36N2O5/c1-4-37-27-12-9-23(10-13-27)30(31(35)33-25-7-5-6-8-25)34(26-18-21(2)17-22(3)19-26)32(36)24-11-14-28-29(20-24)39-16-15-38-28/h9-14,17-20,25,30H,4-8,15-16H2,1-3H3,(H,33,35). The van der Waals surface area contributed by atoms with E-state index in [0.29, 0.717) is 53.9 Å². The molecule has 204 valence electrons. The highest BCUT2D eigenvalue weighted by Gasteiger charge is 2.35. The second-order valence-electron chi connectivity index (χ2n) is 10.3. The molecule has 1 aliphatic carbocycles. The number of nitrogens with one attached hydrogen (secondary N) is 1. The molecule has 0 bridgehead atoms. The van der Waals surface area contributed by atoms with Crippen molar-refractivity contribution in [3.05, 3.63) is 82.9 Å². The van der Waals surface area contributed by atoms with Gasteiger partial charge in [-0.15, -0.1) is 0 Å². The quantitative estimate of drug-likeness (QED) is 0.393. The summed E-state index contributed by atoms with van der Waals surface area (Å²) >= 11 is 0. The van der Waals surface area contributed by atoms with E-state index in [2.05, 4.69) is 11.4 Å². The summed E-state index contributed by atoms with van der Waals surface area (Å²) in [4.78, 5) is 30.1. The first-order valence-corrected chi connectivity index (χ1v) is 13.8. The summed E-state index contributed by atoms with van der Waals surface area (Å²) in [6.45, 7) is 7.35. The second kappa shape index (κ2) is 11.8. The van der Waals surface area contributed by atoms with Gasteiger partial charge in [-0.2, -0.15) is 0 Å². The minimum atomic E-state index is -0.886. The molecule has 0 radical (unpaired) electrons. The van der Waals surface area contributed by atoms with Crippen LogP contribution in [0, 0.1) is 13.8 Å². The van der Waals surface area contributed by atoms with E-state index in [1.54, 1.807) is 23.1 Å². The van der Waals surface area contributed by atoms with Crippen molar-refractivity contribution in [1.29, 1.82) is 0 Å². The van der Waals surface area contributed by atoms with Crippen LogP contribution >= 0.6 is 0 Å². The van der Waals surface area contributed by atoms with Gasteiger partial charge in [0.15, 0.2) is 11.5 Å². The Kier molecular flexibility index (Phi) is 8.05. The van der Waals surface area contributed by atoms with Gasteiger partial charge in [0.25, 0.3) is 5.91 Å². The summed E-state index contributed by atoms with van der Waals surface area (Å²) in [6.07, 6.45) is 4.08. The Hall–Kier alpha value is -4.00. The van der Waals surface area contributed by atoms with Crippen LogP contribution in [0.15, 0.2) is 60.7 Å². The van der Waals surface area contributed by atoms with Crippen LogP contribution in [0.5, 0.6) is 17.2 Å². The average Bonchev–Trinajstić information content (AvgIpc) is 3.44. The maximum atomic E-state index is 14.4. The molecule has 3 aromatic carbocycles. The average molecular weight is 529 g/mol. The van der Waals surface area contributed by atoms with Crippen molar-refractivity contribution < 1.29 is 23.8 Å². The van der Waals surface area contributed by atoms with Crippen molar-refractivity contribution in [2.24, 2.45) is 0 Å². The van der Waals surface area contributed by atoms with Gasteiger partial charge in [0.2, 0.25) is 5.91 Å². The van der Waals surface area contributed by atoms with Crippen molar-refractivity contribution in [3.63, 3.8) is 0 Å². The molecule has 1 fully saturated rings. The first-order valence-electron chi connectivity index (χ1n) is 13.8. The van der Waals surface area contributed by atoms with E-state index in [9.17, 15) is 9.59 Å². The molecule has 2 aliphatic rings. The third kappa shape index (κ3) is 6.03. The van der Waals surface area contributed by atoms with Crippen molar-refractivity contribution in [2.45, 2.75) is 58.5 Å². The van der Waals surface area contributed by atoms with E-state index in [1.165, 1.54) is 0 Å². The number of carbonyl (C=O) groups excluding carboxylic acids is 2. The van der Waals surface area contributed by atoms with Gasteiger partial charge in [-0.05, 0) is 92.8 Å². The number of hydrogen-bond acceptors (Lipinski definition) is 5. The number of anilines is 1. The third-order valence-corrected chi connectivity index (χ3v) is 7.21. The molecule has 2 amide bonds. The molecule has 3 aromatic rings. The van der Waals surface area contributed by atoms with Crippen molar-refractivity contribution in [2.75, 3.05) is 24.7 Å². The summed E-state index contributed by atoms with van der Waals surface area (Å²) in [6, 6.07) is 17.8. The molecule has 1 unspecified atom stereocenters. The van der Waals surface area contributed by atoms with Crippen molar-refractivity contribution in [3.8, 4) is 17.2 Å². The van der Waals surface area contributed by atoms with Crippen molar-refractivity contribution >= 4 is 17.5 Å². The smallest absolute Gasteiger partial charge is 0.259 e. The van der Waals surface area contributed by atoms with E-state index >= 15 is 0 Å². The van der Waals surface area contributed by atoms with Crippen LogP contribution in [0.1, 0.15) is 65.7 Å². The van der Waals surface area contributed by atoms with Crippen LogP contribution in [0.2, 0.25) is 0 Å². The number of rotatable bonds is 8. The highest BCUT2D eigenvalue weighted by atomic mass is 16.6. The van der Waals surface area contributed by atoms with Crippen LogP contribution in [0.3, 0.4) is 0 Å². The molecule has 5 rings (SSSR count). The number of hydrogen-bond donors (Lipinski definition) is 1. The van der Waals surface area contributed by atoms with Crippen LogP contribution in [0.25, 0.3) is 0 Å². The van der Waals surface area contributed by atoms with E-state index in [1.807, 2.05) is 57.2 Å². The number of carbonyl (C=O) groups is 2. The number of benzene rings is 3. The van der Waals surface area contributed by atoms with Crippen LogP contribution in [-0.4, -0.2) is 37.7 Å². The summed E-state index contributed by atoms with van der Waals surface area (Å²) in [7, 11) is 0. The maximum Gasteiger partial charge on any atom is 0.259 e. The molecule has 1 saturated carbocycles. The Labute approximate surface area is 230 Å². The zero-order chi connectivity index (χ0) is 27.4. The SMILES string of the molecule is CCOc1ccc(C(C(=O)NC2CCCC2)N(C(=O)c2ccc3c(c2)OCCO3)c2cc(C)cc(C)c2)cc1. The first-order chi connectivity index (χ1) is 18.9. The van der Waals surface area contributed by atoms with E-state index in [0.717, 1.165) is 36.8 Å². The molecular formula is C32H36N2O5. The third-order valence-electron chi connectivity index (χ3n) is 7.21. The minimum absolute atomic E-state index is 0.105. The fourth-order valence-electron chi connectivity index (χ4n) is 5.47. The highest BCUT2D eigenvalue weighted by molar-refractivity contribution is 6.10. The molecule has 0 aromatic heterocycles. The molecule has 7 heteroatoms. The lowest BCUT2D eigenvalue weighted by Crippen LogP contribution is -2.46. The lowest BCUT2D eigenvalue weighted by atomic mass is 9.99. The lowest BCUT2D eigenvalue weighted by Gasteiger charge is -2.33. The van der Waals surface area contributed by atoms with Gasteiger partial charge in [0, 0.05) is 17.3 Å². The Morgan fingerprint density at radius 3 is 2.26 bits per heavy atom. The molecule has 39 heavy (non-hydrogen) atoms. The zero-order valence-electron chi connectivity index (χ0n) is 22.9. The van der Waals surface area contributed by atoms with Crippen LogP contribution < -0.4 is 24.4 Å². The maximum absolute atomic E-state index is 14.4. The lowest BCUT2D eigenvalue weighted by molar-refractivity contribution is -0.123. The Morgan fingerprint density at radius 2 is 1.59 bits per heavy atom. The van der Waals surface area contributed by atoms with Gasteiger partial charge in [0.05, 0.1) is 6.61 Å². The van der Waals surface area contributed by atoms with Gasteiger partial charge < -0.3 is 19.5 Å². The minimum Gasteiger partial charge on any atom is -0.494 e. The normalized spacial score (nSPS) is 15.5. The Bertz CT molecular complexity index is 1310. The molecule has 0 saturated heterocycles. The van der Waals surface area contributed by atoms with Gasteiger partial charge in [-0.25, -0.2) is 0 Å². The van der Waals surface area contributed by atoms with Gasteiger partial charge in [-0.3, -0.25) is 14.5 Å². The van der Waals surface area contributed by atoms with Gasteiger partial charge in [-0.1, -0.05) is 31.0 Å². The van der Waals surface area contributed by atoms with E-state index < -0.39 is 6.04 Å². The summed E-state index contributed by atoms with van der Waals surface area (Å²) in [5.41, 5.74) is 3.80. The molecule has 1 atom stereocenters.